The summed E-state index contributed by atoms with van der Waals surface area (Å²) >= 11 is 6.05. The molecule has 2 N–H and O–H groups in total. The number of carbonyl (C=O) groups is 1. The third-order valence-corrected chi connectivity index (χ3v) is 6.30. The molecule has 1 aliphatic carbocycles. The maximum absolute atomic E-state index is 11.0. The highest BCUT2D eigenvalue weighted by Crippen LogP contribution is 2.46. The second-order valence-electron chi connectivity index (χ2n) is 7.64. The summed E-state index contributed by atoms with van der Waals surface area (Å²) in [7, 11) is 0. The van der Waals surface area contributed by atoms with Gasteiger partial charge in [0.1, 0.15) is 5.75 Å². The van der Waals surface area contributed by atoms with E-state index in [-0.39, 0.29) is 29.8 Å². The first kappa shape index (κ1) is 19.3. The molecule has 150 valence electrons. The fourth-order valence-corrected chi connectivity index (χ4v) is 4.46. The summed E-state index contributed by atoms with van der Waals surface area (Å²) in [6, 6.07) is 7.06. The Kier molecular flexibility index (Phi) is 5.36. The molecular formula is C21H23ClO6. The van der Waals surface area contributed by atoms with Crippen LogP contribution in [0.15, 0.2) is 34.9 Å². The third-order valence-electron chi connectivity index (χ3n) is 5.87. The highest BCUT2D eigenvalue weighted by Gasteiger charge is 2.47. The topological polar surface area (TPSA) is 89.1 Å². The van der Waals surface area contributed by atoms with Gasteiger partial charge in [-0.2, -0.15) is 0 Å². The van der Waals surface area contributed by atoms with Crippen molar-refractivity contribution in [2.75, 3.05) is 6.61 Å². The number of benzene rings is 1. The molecule has 1 saturated heterocycles. The van der Waals surface area contributed by atoms with E-state index in [1.54, 1.807) is 0 Å². The van der Waals surface area contributed by atoms with Crippen molar-refractivity contribution in [3.05, 3.63) is 52.4 Å². The van der Waals surface area contributed by atoms with E-state index in [1.165, 1.54) is 12.3 Å². The van der Waals surface area contributed by atoms with Gasteiger partial charge in [-0.25, -0.2) is 4.79 Å². The van der Waals surface area contributed by atoms with Crippen LogP contribution in [0.2, 0.25) is 5.02 Å². The molecule has 28 heavy (non-hydrogen) atoms. The molecule has 2 aromatic rings. The molecule has 2 fully saturated rings. The Morgan fingerprint density at radius 2 is 2.14 bits per heavy atom. The van der Waals surface area contributed by atoms with Crippen LogP contribution in [0.4, 0.5) is 0 Å². The van der Waals surface area contributed by atoms with Gasteiger partial charge in [-0.3, -0.25) is 0 Å². The molecule has 0 bridgehead atoms. The molecule has 1 saturated carbocycles. The summed E-state index contributed by atoms with van der Waals surface area (Å²) < 4.78 is 17.2. The van der Waals surface area contributed by atoms with Crippen LogP contribution >= 0.6 is 11.6 Å². The zero-order valence-corrected chi connectivity index (χ0v) is 16.3. The monoisotopic (exact) mass is 406 g/mol. The second kappa shape index (κ2) is 7.78. The average Bonchev–Trinajstić information content (AvgIpc) is 3.27. The minimum atomic E-state index is -1.09. The van der Waals surface area contributed by atoms with Crippen LogP contribution < -0.4 is 4.74 Å². The first-order valence-corrected chi connectivity index (χ1v) is 9.84. The standard InChI is InChI=1S/C21H23ClO6/c1-11-6-13(2-4-16(11)22)26-10-15-14-3-5-18(28-19(14)8-17(15)23)12-7-20(21(24)25)27-9-12/h2,4,6-7,9,14-15,17-19,23H,3,5,8,10H2,1H3,(H,24,25)/t14-,15-,17+,18-,19+/m1/s1. The number of aliphatic hydroxyl groups excluding tert-OH is 1. The molecular weight excluding hydrogens is 384 g/mol. The first-order chi connectivity index (χ1) is 13.4. The van der Waals surface area contributed by atoms with Gasteiger partial charge in [0.05, 0.1) is 31.2 Å². The van der Waals surface area contributed by atoms with Gasteiger partial charge in [0, 0.05) is 22.9 Å². The lowest BCUT2D eigenvalue weighted by atomic mass is 9.86. The minimum Gasteiger partial charge on any atom is -0.493 e. The van der Waals surface area contributed by atoms with Crippen LogP contribution in [0.25, 0.3) is 0 Å². The zero-order valence-electron chi connectivity index (χ0n) is 15.5. The van der Waals surface area contributed by atoms with Gasteiger partial charge in [0.2, 0.25) is 5.76 Å². The number of rotatable bonds is 5. The maximum Gasteiger partial charge on any atom is 0.371 e. The fraction of sp³-hybridized carbons (Fsp3) is 0.476. The summed E-state index contributed by atoms with van der Waals surface area (Å²) in [4.78, 5) is 11.0. The molecule has 2 aliphatic rings. The lowest BCUT2D eigenvalue weighted by molar-refractivity contribution is -0.0813. The predicted octanol–water partition coefficient (Wildman–Crippen LogP) is 4.24. The number of hydrogen-bond acceptors (Lipinski definition) is 5. The normalized spacial score (nSPS) is 29.5. The van der Waals surface area contributed by atoms with Crippen LogP contribution in [0.3, 0.4) is 0 Å². The largest absolute Gasteiger partial charge is 0.493 e. The lowest BCUT2D eigenvalue weighted by Gasteiger charge is -2.34. The van der Waals surface area contributed by atoms with Crippen molar-refractivity contribution in [2.24, 2.45) is 11.8 Å². The molecule has 1 aliphatic heterocycles. The molecule has 5 atom stereocenters. The Labute approximate surface area is 168 Å². The van der Waals surface area contributed by atoms with E-state index in [9.17, 15) is 9.90 Å². The molecule has 7 heteroatoms. The van der Waals surface area contributed by atoms with E-state index >= 15 is 0 Å². The zero-order chi connectivity index (χ0) is 19.8. The number of aliphatic hydroxyl groups is 1. The van der Waals surface area contributed by atoms with E-state index in [4.69, 9.17) is 30.6 Å². The number of ether oxygens (including phenoxy) is 2. The summed E-state index contributed by atoms with van der Waals surface area (Å²) in [5.41, 5.74) is 1.69. The number of hydrogen-bond donors (Lipinski definition) is 2. The highest BCUT2D eigenvalue weighted by molar-refractivity contribution is 6.31. The van der Waals surface area contributed by atoms with Crippen molar-refractivity contribution < 1.29 is 28.9 Å². The smallest absolute Gasteiger partial charge is 0.371 e. The molecule has 0 amide bonds. The average molecular weight is 407 g/mol. The predicted molar refractivity (Wildman–Crippen MR) is 102 cm³/mol. The van der Waals surface area contributed by atoms with Gasteiger partial charge >= 0.3 is 5.97 Å². The van der Waals surface area contributed by atoms with Gasteiger partial charge in [-0.1, -0.05) is 11.6 Å². The first-order valence-electron chi connectivity index (χ1n) is 9.46. The number of furan rings is 1. The maximum atomic E-state index is 11.0. The van der Waals surface area contributed by atoms with E-state index in [0.29, 0.717) is 18.1 Å². The second-order valence-corrected chi connectivity index (χ2v) is 8.05. The Bertz CT molecular complexity index is 862. The number of carboxylic acids is 1. The molecule has 0 radical (unpaired) electrons. The number of carboxylic acid groups (broad SMARTS) is 1. The van der Waals surface area contributed by atoms with Gasteiger partial charge in [-0.05, 0) is 55.5 Å². The molecule has 0 unspecified atom stereocenters. The Hall–Kier alpha value is -2.02. The van der Waals surface area contributed by atoms with E-state index < -0.39 is 12.1 Å². The highest BCUT2D eigenvalue weighted by atomic mass is 35.5. The Morgan fingerprint density at radius 3 is 2.86 bits per heavy atom. The number of aromatic carboxylic acids is 1. The van der Waals surface area contributed by atoms with Gasteiger partial charge in [-0.15, -0.1) is 0 Å². The fourth-order valence-electron chi connectivity index (χ4n) is 4.34. The number of aryl methyl sites for hydroxylation is 1. The van der Waals surface area contributed by atoms with Crippen molar-refractivity contribution in [1.29, 1.82) is 0 Å². The number of halogens is 1. The third kappa shape index (κ3) is 3.77. The van der Waals surface area contributed by atoms with Crippen molar-refractivity contribution in [1.82, 2.24) is 0 Å². The Morgan fingerprint density at radius 1 is 1.32 bits per heavy atom. The quantitative estimate of drug-likeness (QED) is 0.772. The van der Waals surface area contributed by atoms with Crippen molar-refractivity contribution in [2.45, 2.75) is 44.5 Å². The summed E-state index contributed by atoms with van der Waals surface area (Å²) in [5, 5.41) is 20.3. The van der Waals surface area contributed by atoms with Crippen LogP contribution in [-0.2, 0) is 4.74 Å². The minimum absolute atomic E-state index is 0.000800. The van der Waals surface area contributed by atoms with Gasteiger partial charge in [0.25, 0.3) is 0 Å². The molecule has 6 nitrogen and oxygen atoms in total. The van der Waals surface area contributed by atoms with Gasteiger partial charge in [0.15, 0.2) is 0 Å². The van der Waals surface area contributed by atoms with E-state index in [1.807, 2.05) is 25.1 Å². The van der Waals surface area contributed by atoms with Crippen LogP contribution in [-0.4, -0.2) is 35.0 Å². The summed E-state index contributed by atoms with van der Waals surface area (Å²) in [6.07, 6.45) is 2.88. The van der Waals surface area contributed by atoms with Crippen LogP contribution in [0.1, 0.15) is 47.0 Å². The molecule has 2 heterocycles. The summed E-state index contributed by atoms with van der Waals surface area (Å²) in [5.74, 6) is -0.222. The Balaban J connectivity index is 1.39. The van der Waals surface area contributed by atoms with Crippen LogP contribution in [0, 0.1) is 18.8 Å². The van der Waals surface area contributed by atoms with Gasteiger partial charge < -0.3 is 24.1 Å². The van der Waals surface area contributed by atoms with Crippen LogP contribution in [0.5, 0.6) is 5.75 Å². The van der Waals surface area contributed by atoms with E-state index in [0.717, 1.165) is 29.7 Å². The van der Waals surface area contributed by atoms with Crippen molar-refractivity contribution in [3.63, 3.8) is 0 Å². The van der Waals surface area contributed by atoms with Crippen molar-refractivity contribution in [3.8, 4) is 5.75 Å². The molecule has 0 spiro atoms. The summed E-state index contributed by atoms with van der Waals surface area (Å²) in [6.45, 7) is 2.35. The molecule has 1 aromatic carbocycles. The molecule has 1 aromatic heterocycles. The van der Waals surface area contributed by atoms with E-state index in [2.05, 4.69) is 0 Å². The number of fused-ring (bicyclic) bond motifs is 1. The SMILES string of the molecule is Cc1cc(OC[C@@H]2[C@H]3CC[C@H](c4coc(C(=O)O)c4)O[C@H]3C[C@@H]2O)ccc1Cl. The molecule has 4 rings (SSSR count). The lowest BCUT2D eigenvalue weighted by Crippen LogP contribution is -2.33. The van der Waals surface area contributed by atoms with Crippen molar-refractivity contribution >= 4 is 17.6 Å².